The summed E-state index contributed by atoms with van der Waals surface area (Å²) in [6.07, 6.45) is 0. The van der Waals surface area contributed by atoms with Gasteiger partial charge in [-0.05, 0) is 56.3 Å². The zero-order valence-corrected chi connectivity index (χ0v) is 15.0. The second-order valence-electron chi connectivity index (χ2n) is 6.02. The summed E-state index contributed by atoms with van der Waals surface area (Å²) in [5, 5.41) is 0. The number of carbonyl (C=O) groups is 1. The van der Waals surface area contributed by atoms with Crippen molar-refractivity contribution >= 4 is 11.6 Å². The number of benzene rings is 2. The Kier molecular flexibility index (Phi) is 4.61. The van der Waals surface area contributed by atoms with Gasteiger partial charge in [-0.15, -0.1) is 0 Å². The fourth-order valence-corrected chi connectivity index (χ4v) is 3.06. The Morgan fingerprint density at radius 3 is 2.24 bits per heavy atom. The molecule has 0 radical (unpaired) electrons. The van der Waals surface area contributed by atoms with Crippen molar-refractivity contribution in [2.24, 2.45) is 0 Å². The number of nitrogens with zero attached hydrogens (tertiary/aromatic N) is 2. The first-order chi connectivity index (χ1) is 12.0. The van der Waals surface area contributed by atoms with E-state index in [0.717, 1.165) is 28.5 Å². The maximum Gasteiger partial charge on any atom is 0.259 e. The van der Waals surface area contributed by atoms with Gasteiger partial charge in [0.25, 0.3) is 5.91 Å². The van der Waals surface area contributed by atoms with E-state index in [1.807, 2.05) is 74.5 Å². The van der Waals surface area contributed by atoms with Crippen molar-refractivity contribution in [3.05, 3.63) is 77.6 Å². The molecule has 4 heteroatoms. The number of hydrogen-bond acceptors (Lipinski definition) is 2. The summed E-state index contributed by atoms with van der Waals surface area (Å²) < 4.78 is 7.31. The van der Waals surface area contributed by atoms with E-state index in [1.54, 1.807) is 19.1 Å². The quantitative estimate of drug-likeness (QED) is 0.709. The minimum atomic E-state index is -0.0148. The summed E-state index contributed by atoms with van der Waals surface area (Å²) in [4.78, 5) is 14.6. The first-order valence-corrected chi connectivity index (χ1v) is 8.19. The molecule has 0 atom stereocenters. The third-order valence-corrected chi connectivity index (χ3v) is 4.44. The molecule has 1 amide bonds. The van der Waals surface area contributed by atoms with E-state index in [4.69, 9.17) is 4.74 Å². The van der Waals surface area contributed by atoms with Gasteiger partial charge in [0.1, 0.15) is 5.75 Å². The molecule has 0 aliphatic rings. The lowest BCUT2D eigenvalue weighted by Crippen LogP contribution is -2.26. The molecule has 128 valence electrons. The number of amides is 1. The molecule has 25 heavy (non-hydrogen) atoms. The summed E-state index contributed by atoms with van der Waals surface area (Å²) in [5.41, 5.74) is 4.54. The van der Waals surface area contributed by atoms with E-state index in [2.05, 4.69) is 4.57 Å². The smallest absolute Gasteiger partial charge is 0.259 e. The van der Waals surface area contributed by atoms with Crippen LogP contribution in [0.1, 0.15) is 21.7 Å². The lowest BCUT2D eigenvalue weighted by atomic mass is 10.2. The van der Waals surface area contributed by atoms with E-state index in [-0.39, 0.29) is 5.91 Å². The normalized spacial score (nSPS) is 10.6. The molecule has 0 bridgehead atoms. The fourth-order valence-electron chi connectivity index (χ4n) is 3.06. The largest absolute Gasteiger partial charge is 0.497 e. The zero-order valence-electron chi connectivity index (χ0n) is 15.0. The van der Waals surface area contributed by atoms with Gasteiger partial charge in [0.15, 0.2) is 0 Å². The number of aromatic nitrogens is 1. The minimum absolute atomic E-state index is 0.0148. The zero-order chi connectivity index (χ0) is 18.0. The lowest BCUT2D eigenvalue weighted by molar-refractivity contribution is 0.0992. The van der Waals surface area contributed by atoms with E-state index < -0.39 is 0 Å². The van der Waals surface area contributed by atoms with E-state index in [0.29, 0.717) is 5.56 Å². The molecule has 3 rings (SSSR count). The van der Waals surface area contributed by atoms with E-state index in [1.165, 1.54) is 0 Å². The molecule has 0 aliphatic heterocycles. The standard InChI is InChI=1S/C21H22N2O2/c1-15-14-20(21(24)22(3)17-8-6-5-7-9-17)16(2)23(15)18-10-12-19(25-4)13-11-18/h5-14H,1-4H3. The van der Waals surface area contributed by atoms with Gasteiger partial charge in [0, 0.05) is 29.8 Å². The predicted molar refractivity (Wildman–Crippen MR) is 101 cm³/mol. The average molecular weight is 334 g/mol. The molecule has 0 fully saturated rings. The van der Waals surface area contributed by atoms with Crippen LogP contribution < -0.4 is 9.64 Å². The van der Waals surface area contributed by atoms with Gasteiger partial charge in [0.2, 0.25) is 0 Å². The van der Waals surface area contributed by atoms with Crippen LogP contribution in [0.3, 0.4) is 0 Å². The van der Waals surface area contributed by atoms with Gasteiger partial charge in [-0.3, -0.25) is 4.79 Å². The SMILES string of the molecule is COc1ccc(-n2c(C)cc(C(=O)N(C)c3ccccc3)c2C)cc1. The average Bonchev–Trinajstić information content (AvgIpc) is 2.95. The van der Waals surface area contributed by atoms with Crippen LogP contribution in [-0.2, 0) is 0 Å². The highest BCUT2D eigenvalue weighted by atomic mass is 16.5. The van der Waals surface area contributed by atoms with Gasteiger partial charge in [-0.2, -0.15) is 0 Å². The number of methoxy groups -OCH3 is 1. The van der Waals surface area contributed by atoms with Crippen LogP contribution in [-0.4, -0.2) is 24.6 Å². The molecule has 3 aromatic rings. The molecule has 1 heterocycles. The Labute approximate surface area is 148 Å². The van der Waals surface area contributed by atoms with Gasteiger partial charge >= 0.3 is 0 Å². The molecule has 2 aromatic carbocycles. The molecule has 4 nitrogen and oxygen atoms in total. The summed E-state index contributed by atoms with van der Waals surface area (Å²) in [6, 6.07) is 19.4. The number of ether oxygens (including phenoxy) is 1. The van der Waals surface area contributed by atoms with Crippen molar-refractivity contribution in [3.63, 3.8) is 0 Å². The molecule has 1 aromatic heterocycles. The van der Waals surface area contributed by atoms with Crippen molar-refractivity contribution in [1.82, 2.24) is 4.57 Å². The number of carbonyl (C=O) groups excluding carboxylic acids is 1. The van der Waals surface area contributed by atoms with Gasteiger partial charge in [-0.1, -0.05) is 18.2 Å². The molecule has 0 saturated carbocycles. The van der Waals surface area contributed by atoms with Gasteiger partial charge < -0.3 is 14.2 Å². The molecule has 0 spiro atoms. The van der Waals surface area contributed by atoms with Crippen molar-refractivity contribution in [3.8, 4) is 11.4 Å². The summed E-state index contributed by atoms with van der Waals surface area (Å²) >= 11 is 0. The van der Waals surface area contributed by atoms with Gasteiger partial charge in [-0.25, -0.2) is 0 Å². The number of para-hydroxylation sites is 1. The first-order valence-electron chi connectivity index (χ1n) is 8.19. The summed E-state index contributed by atoms with van der Waals surface area (Å²) in [6.45, 7) is 3.99. The Balaban J connectivity index is 1.97. The minimum Gasteiger partial charge on any atom is -0.497 e. The Bertz CT molecular complexity index is 880. The molecular weight excluding hydrogens is 312 g/mol. The highest BCUT2D eigenvalue weighted by molar-refractivity contribution is 6.06. The van der Waals surface area contributed by atoms with E-state index in [9.17, 15) is 4.79 Å². The number of anilines is 1. The maximum atomic E-state index is 13.0. The predicted octanol–water partition coefficient (Wildman–Crippen LogP) is 4.38. The summed E-state index contributed by atoms with van der Waals surface area (Å²) in [5.74, 6) is 0.797. The first kappa shape index (κ1) is 16.8. The van der Waals surface area contributed by atoms with Crippen molar-refractivity contribution < 1.29 is 9.53 Å². The van der Waals surface area contributed by atoms with Crippen molar-refractivity contribution in [1.29, 1.82) is 0 Å². The van der Waals surface area contributed by atoms with Crippen LogP contribution in [0.15, 0.2) is 60.7 Å². The fraction of sp³-hybridized carbons (Fsp3) is 0.190. The van der Waals surface area contributed by atoms with Crippen LogP contribution in [0.2, 0.25) is 0 Å². The number of rotatable bonds is 4. The monoisotopic (exact) mass is 334 g/mol. The maximum absolute atomic E-state index is 13.0. The summed E-state index contributed by atoms with van der Waals surface area (Å²) in [7, 11) is 3.45. The van der Waals surface area contributed by atoms with Crippen LogP contribution in [0.4, 0.5) is 5.69 Å². The third-order valence-electron chi connectivity index (χ3n) is 4.44. The highest BCUT2D eigenvalue weighted by Crippen LogP contribution is 2.25. The third kappa shape index (κ3) is 3.15. The second kappa shape index (κ2) is 6.85. The molecule has 0 unspecified atom stereocenters. The second-order valence-corrected chi connectivity index (χ2v) is 6.02. The van der Waals surface area contributed by atoms with E-state index >= 15 is 0 Å². The number of aryl methyl sites for hydroxylation is 1. The highest BCUT2D eigenvalue weighted by Gasteiger charge is 2.20. The molecular formula is C21H22N2O2. The Hall–Kier alpha value is -3.01. The molecule has 0 saturated heterocycles. The van der Waals surface area contributed by atoms with Crippen LogP contribution in [0, 0.1) is 13.8 Å². The lowest BCUT2D eigenvalue weighted by Gasteiger charge is -2.17. The van der Waals surface area contributed by atoms with Crippen LogP contribution >= 0.6 is 0 Å². The number of hydrogen-bond donors (Lipinski definition) is 0. The van der Waals surface area contributed by atoms with Crippen molar-refractivity contribution in [2.75, 3.05) is 19.1 Å². The van der Waals surface area contributed by atoms with Gasteiger partial charge in [0.05, 0.1) is 12.7 Å². The molecule has 0 N–H and O–H groups in total. The van der Waals surface area contributed by atoms with Crippen LogP contribution in [0.5, 0.6) is 5.75 Å². The Morgan fingerprint density at radius 2 is 1.64 bits per heavy atom. The van der Waals surface area contributed by atoms with Crippen LogP contribution in [0.25, 0.3) is 5.69 Å². The van der Waals surface area contributed by atoms with Crippen molar-refractivity contribution in [2.45, 2.75) is 13.8 Å². The topological polar surface area (TPSA) is 34.5 Å². The molecule has 0 aliphatic carbocycles. The Morgan fingerprint density at radius 1 is 1.00 bits per heavy atom.